The molecule has 2 rings (SSSR count). The van der Waals surface area contributed by atoms with Gasteiger partial charge in [-0.05, 0) is 31.7 Å². The van der Waals surface area contributed by atoms with E-state index in [1.54, 1.807) is 6.92 Å². The molecule has 0 aliphatic carbocycles. The van der Waals surface area contributed by atoms with Gasteiger partial charge in [-0.15, -0.1) is 0 Å². The maximum Gasteiger partial charge on any atom is 0.254 e. The van der Waals surface area contributed by atoms with E-state index in [0.717, 1.165) is 12.1 Å². The highest BCUT2D eigenvalue weighted by Crippen LogP contribution is 2.19. The number of aryl methyl sites for hydroxylation is 1. The second-order valence-corrected chi connectivity index (χ2v) is 3.95. The van der Waals surface area contributed by atoms with Crippen LogP contribution in [0.4, 0.5) is 0 Å². The molecule has 0 spiro atoms. The molecule has 5 nitrogen and oxygen atoms in total. The molecule has 0 unspecified atom stereocenters. The van der Waals surface area contributed by atoms with Crippen LogP contribution in [0.15, 0.2) is 35.1 Å². The molecule has 94 valence electrons. The Morgan fingerprint density at radius 1 is 1.39 bits per heavy atom. The molecule has 0 fully saturated rings. The molecule has 0 aliphatic rings. The molecule has 18 heavy (non-hydrogen) atoms. The Labute approximate surface area is 105 Å². The molecule has 2 N–H and O–H groups in total. The summed E-state index contributed by atoms with van der Waals surface area (Å²) in [5.74, 6) is 1.50. The van der Waals surface area contributed by atoms with Gasteiger partial charge in [-0.25, -0.2) is 4.98 Å². The van der Waals surface area contributed by atoms with Gasteiger partial charge >= 0.3 is 0 Å². The van der Waals surface area contributed by atoms with Crippen molar-refractivity contribution in [3.8, 4) is 11.6 Å². The van der Waals surface area contributed by atoms with Crippen LogP contribution in [0.5, 0.6) is 11.6 Å². The van der Waals surface area contributed by atoms with Crippen LogP contribution in [-0.2, 0) is 6.54 Å². The fraction of sp³-hybridized carbons (Fsp3) is 0.231. The molecule has 0 saturated heterocycles. The van der Waals surface area contributed by atoms with Crippen molar-refractivity contribution in [1.82, 2.24) is 15.3 Å². The van der Waals surface area contributed by atoms with E-state index < -0.39 is 0 Å². The number of benzene rings is 1. The summed E-state index contributed by atoms with van der Waals surface area (Å²) in [7, 11) is 1.88. The first-order valence-corrected chi connectivity index (χ1v) is 5.67. The van der Waals surface area contributed by atoms with Crippen LogP contribution in [0.1, 0.15) is 11.4 Å². The Hall–Kier alpha value is -2.14. The summed E-state index contributed by atoms with van der Waals surface area (Å²) in [5.41, 5.74) is 0.889. The first-order chi connectivity index (χ1) is 8.67. The predicted molar refractivity (Wildman–Crippen MR) is 68.9 cm³/mol. The van der Waals surface area contributed by atoms with Gasteiger partial charge in [-0.3, -0.25) is 4.79 Å². The highest BCUT2D eigenvalue weighted by atomic mass is 16.5. The van der Waals surface area contributed by atoms with E-state index in [-0.39, 0.29) is 5.56 Å². The van der Waals surface area contributed by atoms with E-state index in [0.29, 0.717) is 17.5 Å². The number of nitrogens with one attached hydrogen (secondary N) is 2. The maximum absolute atomic E-state index is 11.3. The van der Waals surface area contributed by atoms with Crippen LogP contribution in [0.2, 0.25) is 0 Å². The van der Waals surface area contributed by atoms with Crippen LogP contribution in [0, 0.1) is 6.92 Å². The third kappa shape index (κ3) is 3.18. The molecule has 0 atom stereocenters. The van der Waals surface area contributed by atoms with Crippen LogP contribution < -0.4 is 15.6 Å². The molecule has 5 heteroatoms. The first-order valence-electron chi connectivity index (χ1n) is 5.67. The normalized spacial score (nSPS) is 10.3. The summed E-state index contributed by atoms with van der Waals surface area (Å²) in [6.07, 6.45) is 0. The van der Waals surface area contributed by atoms with Crippen molar-refractivity contribution in [2.24, 2.45) is 0 Å². The van der Waals surface area contributed by atoms with Crippen molar-refractivity contribution in [3.63, 3.8) is 0 Å². The largest absolute Gasteiger partial charge is 0.439 e. The second kappa shape index (κ2) is 5.46. The monoisotopic (exact) mass is 245 g/mol. The summed E-state index contributed by atoms with van der Waals surface area (Å²) in [6.45, 7) is 2.48. The lowest BCUT2D eigenvalue weighted by Crippen LogP contribution is -2.08. The number of hydrogen-bond donors (Lipinski definition) is 2. The van der Waals surface area contributed by atoms with Gasteiger partial charge < -0.3 is 15.0 Å². The van der Waals surface area contributed by atoms with Gasteiger partial charge in [0, 0.05) is 6.54 Å². The van der Waals surface area contributed by atoms with Crippen LogP contribution >= 0.6 is 0 Å². The Morgan fingerprint density at radius 3 is 2.94 bits per heavy atom. The average Bonchev–Trinajstić information content (AvgIpc) is 2.28. The molecule has 1 heterocycles. The highest BCUT2D eigenvalue weighted by molar-refractivity contribution is 5.31. The average molecular weight is 245 g/mol. The summed E-state index contributed by atoms with van der Waals surface area (Å²) in [5, 5.41) is 3.07. The first kappa shape index (κ1) is 12.3. The van der Waals surface area contributed by atoms with E-state index in [9.17, 15) is 4.79 Å². The van der Waals surface area contributed by atoms with Gasteiger partial charge in [0.15, 0.2) is 0 Å². The van der Waals surface area contributed by atoms with Crippen molar-refractivity contribution >= 4 is 0 Å². The lowest BCUT2D eigenvalue weighted by atomic mass is 10.2. The van der Waals surface area contributed by atoms with Crippen molar-refractivity contribution in [2.45, 2.75) is 13.5 Å². The van der Waals surface area contributed by atoms with E-state index in [1.165, 1.54) is 6.07 Å². The Bertz CT molecular complexity index is 593. The van der Waals surface area contributed by atoms with Gasteiger partial charge in [0.25, 0.3) is 5.56 Å². The van der Waals surface area contributed by atoms with E-state index >= 15 is 0 Å². The number of nitrogens with zero attached hydrogens (tertiary/aromatic N) is 1. The minimum Gasteiger partial charge on any atom is -0.439 e. The third-order valence-electron chi connectivity index (χ3n) is 2.34. The number of ether oxygens (including phenoxy) is 1. The molecule has 0 amide bonds. The van der Waals surface area contributed by atoms with Gasteiger partial charge in [-0.2, -0.15) is 0 Å². The number of aromatic nitrogens is 2. The van der Waals surface area contributed by atoms with Gasteiger partial charge in [0.1, 0.15) is 11.6 Å². The number of H-pyrrole nitrogens is 1. The van der Waals surface area contributed by atoms with Crippen molar-refractivity contribution in [3.05, 3.63) is 52.1 Å². The summed E-state index contributed by atoms with van der Waals surface area (Å²) < 4.78 is 5.57. The van der Waals surface area contributed by atoms with E-state index in [1.807, 2.05) is 31.3 Å². The molecular weight excluding hydrogens is 230 g/mol. The van der Waals surface area contributed by atoms with Crippen molar-refractivity contribution in [2.75, 3.05) is 7.05 Å². The Kier molecular flexibility index (Phi) is 3.74. The fourth-order valence-electron chi connectivity index (χ4n) is 1.65. The maximum atomic E-state index is 11.3. The second-order valence-electron chi connectivity index (χ2n) is 3.95. The number of rotatable bonds is 4. The Morgan fingerprint density at radius 2 is 2.22 bits per heavy atom. The number of aromatic amines is 1. The zero-order chi connectivity index (χ0) is 13.0. The smallest absolute Gasteiger partial charge is 0.254 e. The minimum absolute atomic E-state index is 0.219. The summed E-state index contributed by atoms with van der Waals surface area (Å²) in [4.78, 5) is 18.0. The molecule has 1 aromatic carbocycles. The summed E-state index contributed by atoms with van der Waals surface area (Å²) >= 11 is 0. The molecule has 0 bridgehead atoms. The van der Waals surface area contributed by atoms with E-state index in [2.05, 4.69) is 15.3 Å². The predicted octanol–water partition coefficient (Wildman–Crippen LogP) is 1.59. The topological polar surface area (TPSA) is 67.0 Å². The van der Waals surface area contributed by atoms with Gasteiger partial charge in [0.2, 0.25) is 5.88 Å². The van der Waals surface area contributed by atoms with Crippen LogP contribution in [-0.4, -0.2) is 17.0 Å². The molecule has 0 saturated carbocycles. The van der Waals surface area contributed by atoms with Crippen LogP contribution in [0.3, 0.4) is 0 Å². The number of hydrogen-bond acceptors (Lipinski definition) is 4. The molecule has 0 aliphatic heterocycles. The van der Waals surface area contributed by atoms with Crippen LogP contribution in [0.25, 0.3) is 0 Å². The zero-order valence-electron chi connectivity index (χ0n) is 10.4. The zero-order valence-corrected chi connectivity index (χ0v) is 10.4. The third-order valence-corrected chi connectivity index (χ3v) is 2.34. The lowest BCUT2D eigenvalue weighted by molar-refractivity contribution is 0.458. The highest BCUT2D eigenvalue weighted by Gasteiger charge is 2.02. The minimum atomic E-state index is -0.219. The quantitative estimate of drug-likeness (QED) is 0.858. The van der Waals surface area contributed by atoms with E-state index in [4.69, 9.17) is 4.74 Å². The van der Waals surface area contributed by atoms with Crippen molar-refractivity contribution in [1.29, 1.82) is 0 Å². The molecule has 0 radical (unpaired) electrons. The van der Waals surface area contributed by atoms with Gasteiger partial charge in [0.05, 0.1) is 6.07 Å². The molecule has 1 aromatic heterocycles. The lowest BCUT2D eigenvalue weighted by Gasteiger charge is -2.06. The van der Waals surface area contributed by atoms with Crippen molar-refractivity contribution < 1.29 is 4.74 Å². The fourth-order valence-corrected chi connectivity index (χ4v) is 1.65. The van der Waals surface area contributed by atoms with Gasteiger partial charge in [-0.1, -0.05) is 12.1 Å². The SMILES string of the molecule is CNCc1cccc(Oc2cc(=O)[nH]c(C)n2)c1. The summed E-state index contributed by atoms with van der Waals surface area (Å²) in [6, 6.07) is 8.98. The Balaban J connectivity index is 2.22. The standard InChI is InChI=1S/C13H15N3O2/c1-9-15-12(17)7-13(16-9)18-11-5-3-4-10(6-11)8-14-2/h3-7,14H,8H2,1-2H3,(H,15,16,17). The molecular formula is C13H15N3O2. The molecule has 2 aromatic rings.